The van der Waals surface area contributed by atoms with Gasteiger partial charge in [-0.1, -0.05) is 127 Å². The third kappa shape index (κ3) is 3.73. The SMILES string of the molecule is C1=CC2=NC3=C(NC2C=C1)c1cc2c(c4cccc3c14)c1ccccc1n2-c1ccc(P(c2ccccc2)c2ccccc2)cc1. The Balaban J connectivity index is 1.19. The summed E-state index contributed by atoms with van der Waals surface area (Å²) in [6, 6.07) is 49.1. The molecule has 1 N–H and O–H groups in total. The molecule has 0 saturated heterocycles. The Morgan fingerprint density at radius 2 is 1.28 bits per heavy atom. The number of rotatable bonds is 4. The van der Waals surface area contributed by atoms with Gasteiger partial charge >= 0.3 is 0 Å². The van der Waals surface area contributed by atoms with Crippen LogP contribution in [0.15, 0.2) is 163 Å². The molecule has 3 nitrogen and oxygen atoms in total. The monoisotopic (exact) mass is 605 g/mol. The van der Waals surface area contributed by atoms with Gasteiger partial charge < -0.3 is 9.88 Å². The highest BCUT2D eigenvalue weighted by molar-refractivity contribution is 7.79. The normalized spacial score (nSPS) is 16.3. The van der Waals surface area contributed by atoms with Crippen molar-refractivity contribution in [3.8, 4) is 5.69 Å². The van der Waals surface area contributed by atoms with Crippen molar-refractivity contribution in [1.29, 1.82) is 0 Å². The van der Waals surface area contributed by atoms with Crippen LogP contribution in [0.3, 0.4) is 0 Å². The fraction of sp³-hybridized carbons (Fsp3) is 0.0238. The summed E-state index contributed by atoms with van der Waals surface area (Å²) in [6.45, 7) is 0. The van der Waals surface area contributed by atoms with E-state index in [0.717, 1.165) is 22.8 Å². The molecule has 0 radical (unpaired) electrons. The van der Waals surface area contributed by atoms with Crippen molar-refractivity contribution in [2.24, 2.45) is 4.99 Å². The first-order valence-electron chi connectivity index (χ1n) is 15.8. The molecule has 7 aromatic rings. The van der Waals surface area contributed by atoms with Crippen molar-refractivity contribution in [3.05, 3.63) is 169 Å². The van der Waals surface area contributed by atoms with E-state index in [1.165, 1.54) is 59.6 Å². The van der Waals surface area contributed by atoms with E-state index in [0.29, 0.717) is 0 Å². The summed E-state index contributed by atoms with van der Waals surface area (Å²) in [5, 5.41) is 13.0. The number of hydrogen-bond acceptors (Lipinski definition) is 2. The van der Waals surface area contributed by atoms with Gasteiger partial charge in [0.15, 0.2) is 0 Å². The average Bonchev–Trinajstić information content (AvgIpc) is 3.62. The number of para-hydroxylation sites is 1. The van der Waals surface area contributed by atoms with E-state index in [4.69, 9.17) is 4.99 Å². The van der Waals surface area contributed by atoms with Crippen molar-refractivity contribution in [1.82, 2.24) is 9.88 Å². The van der Waals surface area contributed by atoms with Crippen LogP contribution in [0.5, 0.6) is 0 Å². The van der Waals surface area contributed by atoms with Gasteiger partial charge in [-0.15, -0.1) is 0 Å². The molecule has 2 heterocycles. The minimum absolute atomic E-state index is 0.0892. The van der Waals surface area contributed by atoms with Gasteiger partial charge in [-0.05, 0) is 59.6 Å². The predicted octanol–water partition coefficient (Wildman–Crippen LogP) is 8.37. The molecule has 1 atom stereocenters. The molecule has 46 heavy (non-hydrogen) atoms. The number of allylic oxidation sites excluding steroid dienone is 2. The Labute approximate surface area is 268 Å². The molecule has 0 amide bonds. The molecule has 0 fully saturated rings. The summed E-state index contributed by atoms with van der Waals surface area (Å²) in [4.78, 5) is 5.19. The van der Waals surface area contributed by atoms with Crippen LogP contribution in [0.2, 0.25) is 0 Å². The molecule has 1 unspecified atom stereocenters. The van der Waals surface area contributed by atoms with Gasteiger partial charge in [0, 0.05) is 33.0 Å². The minimum Gasteiger partial charge on any atom is -0.371 e. The number of nitrogens with one attached hydrogen (secondary N) is 1. The number of fused-ring (bicyclic) bond motifs is 7. The van der Waals surface area contributed by atoms with E-state index in [2.05, 4.69) is 168 Å². The van der Waals surface area contributed by atoms with Crippen LogP contribution in [0, 0.1) is 0 Å². The van der Waals surface area contributed by atoms with Crippen LogP contribution < -0.4 is 21.2 Å². The highest BCUT2D eigenvalue weighted by Gasteiger charge is 2.32. The molecule has 4 heteroatoms. The zero-order chi connectivity index (χ0) is 30.2. The van der Waals surface area contributed by atoms with Gasteiger partial charge in [-0.25, -0.2) is 4.99 Å². The van der Waals surface area contributed by atoms with Crippen molar-refractivity contribution in [3.63, 3.8) is 0 Å². The highest BCUT2D eigenvalue weighted by atomic mass is 31.1. The second kappa shape index (κ2) is 10.0. The number of benzene rings is 6. The van der Waals surface area contributed by atoms with E-state index in [1.54, 1.807) is 0 Å². The molecule has 6 aromatic carbocycles. The van der Waals surface area contributed by atoms with Crippen LogP contribution in [-0.4, -0.2) is 16.3 Å². The van der Waals surface area contributed by atoms with Crippen LogP contribution in [0.1, 0.15) is 11.1 Å². The van der Waals surface area contributed by atoms with Gasteiger partial charge in [0.05, 0.1) is 34.2 Å². The zero-order valence-corrected chi connectivity index (χ0v) is 25.8. The zero-order valence-electron chi connectivity index (χ0n) is 24.9. The average molecular weight is 606 g/mol. The molecule has 10 rings (SSSR count). The lowest BCUT2D eigenvalue weighted by atomic mass is 9.98. The van der Waals surface area contributed by atoms with Crippen LogP contribution in [-0.2, 0) is 0 Å². The minimum atomic E-state index is -0.671. The lowest BCUT2D eigenvalue weighted by molar-refractivity contribution is 0.886. The summed E-state index contributed by atoms with van der Waals surface area (Å²) >= 11 is 0. The van der Waals surface area contributed by atoms with E-state index in [9.17, 15) is 0 Å². The second-order valence-electron chi connectivity index (χ2n) is 12.0. The maximum Gasteiger partial charge on any atom is 0.0950 e. The van der Waals surface area contributed by atoms with E-state index in [1.807, 2.05) is 0 Å². The summed E-state index contributed by atoms with van der Waals surface area (Å²) in [5.74, 6) is 0. The maximum atomic E-state index is 5.19. The van der Waals surface area contributed by atoms with E-state index in [-0.39, 0.29) is 6.04 Å². The lowest BCUT2D eigenvalue weighted by Gasteiger charge is -2.25. The van der Waals surface area contributed by atoms with E-state index < -0.39 is 7.92 Å². The molecule has 1 aromatic heterocycles. The molecule has 2 aliphatic carbocycles. The summed E-state index contributed by atoms with van der Waals surface area (Å²) in [5.41, 5.74) is 9.29. The first kappa shape index (κ1) is 25.8. The smallest absolute Gasteiger partial charge is 0.0950 e. The molecule has 216 valence electrons. The third-order valence-electron chi connectivity index (χ3n) is 9.49. The predicted molar refractivity (Wildman–Crippen MR) is 196 cm³/mol. The number of nitrogens with zero attached hydrogens (tertiary/aromatic N) is 2. The number of hydrogen-bond donors (Lipinski definition) is 1. The first-order valence-corrected chi connectivity index (χ1v) is 17.1. The summed E-state index contributed by atoms with van der Waals surface area (Å²) in [6.07, 6.45) is 8.49. The Morgan fingerprint density at radius 3 is 2.07 bits per heavy atom. The molecule has 3 aliphatic rings. The van der Waals surface area contributed by atoms with Gasteiger partial charge in [0.2, 0.25) is 0 Å². The number of aliphatic imine (C=N–C) groups is 1. The van der Waals surface area contributed by atoms with Crippen molar-refractivity contribution in [2.45, 2.75) is 6.04 Å². The molecule has 1 aliphatic heterocycles. The quantitative estimate of drug-likeness (QED) is 0.201. The van der Waals surface area contributed by atoms with Gasteiger partial charge in [-0.2, -0.15) is 0 Å². The summed E-state index contributed by atoms with van der Waals surface area (Å²) < 4.78 is 2.45. The lowest BCUT2D eigenvalue weighted by Crippen LogP contribution is -2.36. The molecular weight excluding hydrogens is 577 g/mol. The maximum absolute atomic E-state index is 5.19. The van der Waals surface area contributed by atoms with Gasteiger partial charge in [0.1, 0.15) is 0 Å². The standard InChI is InChI=1S/C42H28N3P/c1-3-12-28(13-4-1)46(29-14-5-2-6-15-29)30-24-22-27(23-25-30)45-37-21-10-7-16-31(37)40-32-17-11-18-33-39(32)34(26-38(40)45)42-41(33)43-35-19-8-9-20-36(35)44-42/h1-26,36,44H. The first-order chi connectivity index (χ1) is 22.8. The Kier molecular flexibility index (Phi) is 5.61. The fourth-order valence-electron chi connectivity index (χ4n) is 7.53. The highest BCUT2D eigenvalue weighted by Crippen LogP contribution is 2.48. The van der Waals surface area contributed by atoms with Crippen molar-refractivity contribution < 1.29 is 0 Å². The topological polar surface area (TPSA) is 29.3 Å². The number of aromatic nitrogens is 1. The van der Waals surface area contributed by atoms with Crippen LogP contribution >= 0.6 is 7.92 Å². The Morgan fingerprint density at radius 1 is 0.587 bits per heavy atom. The molecular formula is C42H28N3P. The fourth-order valence-corrected chi connectivity index (χ4v) is 9.82. The van der Waals surface area contributed by atoms with Crippen LogP contribution in [0.4, 0.5) is 0 Å². The van der Waals surface area contributed by atoms with Gasteiger partial charge in [0.25, 0.3) is 0 Å². The third-order valence-corrected chi connectivity index (χ3v) is 11.9. The van der Waals surface area contributed by atoms with Crippen molar-refractivity contribution in [2.75, 3.05) is 0 Å². The molecule has 0 spiro atoms. The van der Waals surface area contributed by atoms with Crippen molar-refractivity contribution >= 4 is 73.5 Å². The Hall–Kier alpha value is -5.50. The molecule has 0 saturated carbocycles. The van der Waals surface area contributed by atoms with Crippen LogP contribution in [0.25, 0.3) is 49.7 Å². The second-order valence-corrected chi connectivity index (χ2v) is 14.3. The molecule has 0 bridgehead atoms. The summed E-state index contributed by atoms with van der Waals surface area (Å²) in [7, 11) is -0.671. The largest absolute Gasteiger partial charge is 0.371 e. The van der Waals surface area contributed by atoms with E-state index >= 15 is 0 Å². The Bertz CT molecular complexity index is 2440. The van der Waals surface area contributed by atoms with Gasteiger partial charge in [-0.3, -0.25) is 0 Å².